The Kier molecular flexibility index (Phi) is 11.0. The third-order valence-corrected chi connectivity index (χ3v) is 16.0. The zero-order chi connectivity index (χ0) is 31.9. The van der Waals surface area contributed by atoms with Gasteiger partial charge in [-0.25, -0.2) is 0 Å². The molecule has 44 heavy (non-hydrogen) atoms. The molecule has 12 heteroatoms. The van der Waals surface area contributed by atoms with Crippen LogP contribution in [0.1, 0.15) is 47.9 Å². The number of aromatic hydroxyl groups is 4. The maximum absolute atomic E-state index is 10.7. The van der Waals surface area contributed by atoms with Crippen LogP contribution in [0.25, 0.3) is 0 Å². The van der Waals surface area contributed by atoms with Crippen LogP contribution in [0.4, 0.5) is 0 Å². The van der Waals surface area contributed by atoms with Gasteiger partial charge in [-0.1, -0.05) is 0 Å². The SMILES string of the molecule is Oc1c(I)cc(C2(c3cc(I)c(O)c(I)c3)CC3CC(c4cc(I)c(O)c(I)c4)(c4cc(I)c(O)c(I)c4)CC3C2)cc1I. The maximum atomic E-state index is 10.7. The van der Waals surface area contributed by atoms with Crippen molar-refractivity contribution in [2.75, 3.05) is 0 Å². The predicted molar refractivity (Wildman–Crippen MR) is 241 cm³/mol. The van der Waals surface area contributed by atoms with Crippen LogP contribution >= 0.6 is 181 Å². The van der Waals surface area contributed by atoms with E-state index < -0.39 is 0 Å². The number of phenolic OH excluding ortho intramolecular Hbond substituents is 4. The standard InChI is InChI=1S/C32H22I8O4/c33-19-1-15(2-20(34)27(19)41)31(16-3-21(35)28(42)22(36)4-16)9-13-11-32(12-14(13)10-31,17-5-23(37)29(43)24(38)6-17)18-7-25(39)30(44)26(40)8-18/h1-8,13-14,41-44H,9-12H2. The number of fused-ring (bicyclic) bond motifs is 1. The van der Waals surface area contributed by atoms with Gasteiger partial charge >= 0.3 is 0 Å². The fraction of sp³-hybridized carbons (Fsp3) is 0.250. The summed E-state index contributed by atoms with van der Waals surface area (Å²) in [5.41, 5.74) is 4.32. The van der Waals surface area contributed by atoms with Gasteiger partial charge < -0.3 is 20.4 Å². The summed E-state index contributed by atoms with van der Waals surface area (Å²) in [6.45, 7) is 0. The second-order valence-electron chi connectivity index (χ2n) is 11.7. The normalized spacial score (nSPS) is 20.2. The molecule has 4 N–H and O–H groups in total. The van der Waals surface area contributed by atoms with Crippen molar-refractivity contribution in [1.29, 1.82) is 0 Å². The summed E-state index contributed by atoms with van der Waals surface area (Å²) in [5.74, 6) is 2.12. The smallest absolute Gasteiger partial charge is 0.142 e. The Balaban J connectivity index is 1.52. The molecule has 4 aromatic carbocycles. The highest BCUT2D eigenvalue weighted by Gasteiger charge is 2.57. The minimum absolute atomic E-state index is 0.266. The number of hydrogen-bond acceptors (Lipinski definition) is 4. The van der Waals surface area contributed by atoms with E-state index >= 15 is 0 Å². The summed E-state index contributed by atoms with van der Waals surface area (Å²) in [6, 6.07) is 17.2. The van der Waals surface area contributed by atoms with Crippen LogP contribution in [0.5, 0.6) is 23.0 Å². The summed E-state index contributed by atoms with van der Waals surface area (Å²) in [6.07, 6.45) is 3.80. The van der Waals surface area contributed by atoms with Gasteiger partial charge in [0.1, 0.15) is 23.0 Å². The monoisotopic (exact) mass is 1490 g/mol. The van der Waals surface area contributed by atoms with Crippen molar-refractivity contribution >= 4 is 181 Å². The molecular weight excluding hydrogens is 1460 g/mol. The Labute approximate surface area is 365 Å². The highest BCUT2D eigenvalue weighted by molar-refractivity contribution is 14.1. The minimum atomic E-state index is -0.266. The molecule has 0 unspecified atom stereocenters. The Morgan fingerprint density at radius 2 is 0.523 bits per heavy atom. The Morgan fingerprint density at radius 1 is 0.364 bits per heavy atom. The lowest BCUT2D eigenvalue weighted by molar-refractivity contribution is 0.406. The van der Waals surface area contributed by atoms with Gasteiger partial charge in [0.05, 0.1) is 28.6 Å². The molecule has 2 aliphatic rings. The first-order valence-electron chi connectivity index (χ1n) is 13.4. The van der Waals surface area contributed by atoms with Crippen molar-refractivity contribution in [2.24, 2.45) is 11.8 Å². The van der Waals surface area contributed by atoms with E-state index in [1.54, 1.807) is 0 Å². The average molecular weight is 1490 g/mol. The first-order valence-corrected chi connectivity index (χ1v) is 22.0. The van der Waals surface area contributed by atoms with E-state index in [-0.39, 0.29) is 10.8 Å². The summed E-state index contributed by atoms with van der Waals surface area (Å²) in [5, 5.41) is 42.7. The molecule has 4 aromatic rings. The van der Waals surface area contributed by atoms with Crippen LogP contribution in [0.2, 0.25) is 0 Å². The van der Waals surface area contributed by atoms with Gasteiger partial charge in [0.2, 0.25) is 0 Å². The van der Waals surface area contributed by atoms with Gasteiger partial charge in [0.25, 0.3) is 0 Å². The molecule has 0 spiro atoms. The molecular formula is C32H22I8O4. The summed E-state index contributed by atoms with van der Waals surface area (Å²) in [7, 11) is 0. The van der Waals surface area contributed by atoms with Crippen LogP contribution in [0.3, 0.4) is 0 Å². The molecule has 0 bridgehead atoms. The van der Waals surface area contributed by atoms with Gasteiger partial charge in [0, 0.05) is 10.8 Å². The van der Waals surface area contributed by atoms with Crippen LogP contribution in [-0.2, 0) is 10.8 Å². The van der Waals surface area contributed by atoms with Gasteiger partial charge in [-0.2, -0.15) is 0 Å². The van der Waals surface area contributed by atoms with E-state index in [1.807, 2.05) is 0 Å². The predicted octanol–water partition coefficient (Wildman–Crippen LogP) is 11.4. The van der Waals surface area contributed by atoms with E-state index in [4.69, 9.17) is 0 Å². The molecule has 2 aliphatic carbocycles. The largest absolute Gasteiger partial charge is 0.506 e. The van der Waals surface area contributed by atoms with Gasteiger partial charge in [-0.15, -0.1) is 0 Å². The third-order valence-electron chi connectivity index (χ3n) is 9.39. The quantitative estimate of drug-likeness (QED) is 0.154. The highest BCUT2D eigenvalue weighted by atomic mass is 127. The molecule has 0 saturated heterocycles. The lowest BCUT2D eigenvalue weighted by Crippen LogP contribution is -2.31. The molecule has 0 amide bonds. The molecule has 2 saturated carbocycles. The molecule has 0 heterocycles. The van der Waals surface area contributed by atoms with E-state index in [0.717, 1.165) is 54.2 Å². The lowest BCUT2D eigenvalue weighted by atomic mass is 9.67. The van der Waals surface area contributed by atoms with Crippen molar-refractivity contribution in [3.63, 3.8) is 0 Å². The fourth-order valence-electron chi connectivity index (χ4n) is 7.41. The van der Waals surface area contributed by atoms with Gasteiger partial charge in [0.15, 0.2) is 0 Å². The Morgan fingerprint density at radius 3 is 0.682 bits per heavy atom. The molecule has 0 radical (unpaired) electrons. The molecule has 0 atom stereocenters. The number of benzene rings is 4. The van der Waals surface area contributed by atoms with E-state index in [1.165, 1.54) is 22.3 Å². The second kappa shape index (κ2) is 13.6. The first-order chi connectivity index (χ1) is 20.7. The van der Waals surface area contributed by atoms with Crippen molar-refractivity contribution in [3.05, 3.63) is 99.3 Å². The van der Waals surface area contributed by atoms with Crippen LogP contribution in [0.15, 0.2) is 48.5 Å². The van der Waals surface area contributed by atoms with Crippen LogP contribution in [-0.4, -0.2) is 20.4 Å². The number of phenols is 4. The van der Waals surface area contributed by atoms with Crippen molar-refractivity contribution in [3.8, 4) is 23.0 Å². The lowest BCUT2D eigenvalue weighted by Gasteiger charge is -2.37. The van der Waals surface area contributed by atoms with Crippen molar-refractivity contribution in [1.82, 2.24) is 0 Å². The molecule has 2 fully saturated rings. The maximum Gasteiger partial charge on any atom is 0.142 e. The van der Waals surface area contributed by atoms with Crippen molar-refractivity contribution in [2.45, 2.75) is 36.5 Å². The second-order valence-corrected chi connectivity index (χ2v) is 21.0. The summed E-state index contributed by atoms with van der Waals surface area (Å²) in [4.78, 5) is 0. The minimum Gasteiger partial charge on any atom is -0.506 e. The summed E-state index contributed by atoms with van der Waals surface area (Å²) >= 11 is 17.9. The Hall–Kier alpha value is 1.92. The molecule has 6 rings (SSSR count). The van der Waals surface area contributed by atoms with Crippen LogP contribution < -0.4 is 0 Å². The summed E-state index contributed by atoms with van der Waals surface area (Å²) < 4.78 is 6.78. The van der Waals surface area contributed by atoms with Gasteiger partial charge in [-0.05, 0) is 289 Å². The highest BCUT2D eigenvalue weighted by Crippen LogP contribution is 2.64. The zero-order valence-corrected chi connectivity index (χ0v) is 39.7. The van der Waals surface area contributed by atoms with E-state index in [0.29, 0.717) is 34.8 Å². The van der Waals surface area contributed by atoms with E-state index in [9.17, 15) is 20.4 Å². The fourth-order valence-corrected chi connectivity index (χ4v) is 14.5. The molecule has 4 nitrogen and oxygen atoms in total. The molecule has 230 valence electrons. The first kappa shape index (κ1) is 35.7. The zero-order valence-electron chi connectivity index (χ0n) is 22.4. The average Bonchev–Trinajstić information content (AvgIpc) is 3.50. The molecule has 0 aliphatic heterocycles. The number of rotatable bonds is 4. The van der Waals surface area contributed by atoms with Gasteiger partial charge in [-0.3, -0.25) is 0 Å². The van der Waals surface area contributed by atoms with Crippen molar-refractivity contribution < 1.29 is 20.4 Å². The molecule has 0 aromatic heterocycles. The number of halogens is 8. The topological polar surface area (TPSA) is 80.9 Å². The Bertz CT molecular complexity index is 1490. The van der Waals surface area contributed by atoms with E-state index in [2.05, 4.69) is 229 Å². The third kappa shape index (κ3) is 6.23. The number of hydrogen-bond donors (Lipinski definition) is 4. The van der Waals surface area contributed by atoms with Crippen LogP contribution in [0, 0.1) is 40.4 Å².